The first-order valence-corrected chi connectivity index (χ1v) is 8.25. The largest absolute Gasteiger partial charge is 0.481 e. The predicted octanol–water partition coefficient (Wildman–Crippen LogP) is 3.82. The van der Waals surface area contributed by atoms with E-state index in [2.05, 4.69) is 4.98 Å². The third-order valence-corrected chi connectivity index (χ3v) is 3.77. The number of benzene rings is 1. The van der Waals surface area contributed by atoms with Crippen LogP contribution in [-0.2, 0) is 15.8 Å². The molecule has 1 aromatic carbocycles. The number of aromatic nitrogens is 1. The maximum atomic E-state index is 12.5. The van der Waals surface area contributed by atoms with Gasteiger partial charge in [0.05, 0.1) is 18.7 Å². The Bertz CT molecular complexity index is 773. The molecule has 2 aromatic rings. The highest BCUT2D eigenvalue weighted by Gasteiger charge is 2.30. The van der Waals surface area contributed by atoms with Crippen molar-refractivity contribution in [3.63, 3.8) is 0 Å². The van der Waals surface area contributed by atoms with Crippen LogP contribution in [0.25, 0.3) is 0 Å². The standard InChI is InChI=1S/C18H17F3N2O4/c1-12(17(24)23-9-2-10-25-23)26-14-4-6-15(7-5-14)27-16-8-3-13(11-22-16)18(19,20)21/h3-8,11-12H,2,9-10H2,1H3. The molecule has 2 heterocycles. The summed E-state index contributed by atoms with van der Waals surface area (Å²) in [5.74, 6) is 0.590. The predicted molar refractivity (Wildman–Crippen MR) is 88.1 cm³/mol. The maximum absolute atomic E-state index is 12.5. The van der Waals surface area contributed by atoms with Crippen LogP contribution in [0.2, 0.25) is 0 Å². The van der Waals surface area contributed by atoms with Crippen molar-refractivity contribution in [2.24, 2.45) is 0 Å². The molecule has 6 nitrogen and oxygen atoms in total. The molecule has 144 valence electrons. The Balaban J connectivity index is 1.57. The van der Waals surface area contributed by atoms with Crippen LogP contribution in [0.4, 0.5) is 13.2 Å². The fourth-order valence-electron chi connectivity index (χ4n) is 2.39. The summed E-state index contributed by atoms with van der Waals surface area (Å²) in [4.78, 5) is 21.0. The molecule has 1 aromatic heterocycles. The SMILES string of the molecule is CC(Oc1ccc(Oc2ccc(C(F)(F)F)cn2)cc1)C(=O)N1CCCO1. The van der Waals surface area contributed by atoms with E-state index in [-0.39, 0.29) is 11.8 Å². The Morgan fingerprint density at radius 2 is 1.89 bits per heavy atom. The van der Waals surface area contributed by atoms with E-state index >= 15 is 0 Å². The Morgan fingerprint density at radius 1 is 1.19 bits per heavy atom. The number of hydroxylamine groups is 2. The van der Waals surface area contributed by atoms with Gasteiger partial charge in [-0.1, -0.05) is 0 Å². The Kier molecular flexibility index (Phi) is 5.50. The second kappa shape index (κ2) is 7.83. The Hall–Kier alpha value is -2.81. The van der Waals surface area contributed by atoms with E-state index in [1.807, 2.05) is 0 Å². The van der Waals surface area contributed by atoms with Gasteiger partial charge in [0, 0.05) is 12.3 Å². The first-order chi connectivity index (χ1) is 12.8. The normalized spacial score (nSPS) is 15.5. The molecular formula is C18H17F3N2O4. The van der Waals surface area contributed by atoms with Gasteiger partial charge < -0.3 is 9.47 Å². The van der Waals surface area contributed by atoms with Gasteiger partial charge in [-0.15, -0.1) is 0 Å². The zero-order valence-electron chi connectivity index (χ0n) is 14.4. The molecule has 0 radical (unpaired) electrons. The summed E-state index contributed by atoms with van der Waals surface area (Å²) in [6, 6.07) is 8.36. The van der Waals surface area contributed by atoms with Crippen molar-refractivity contribution in [1.82, 2.24) is 10.0 Å². The third kappa shape index (κ3) is 4.88. The first kappa shape index (κ1) is 19.0. The van der Waals surface area contributed by atoms with Gasteiger partial charge in [0.2, 0.25) is 5.88 Å². The van der Waals surface area contributed by atoms with E-state index in [9.17, 15) is 18.0 Å². The summed E-state index contributed by atoms with van der Waals surface area (Å²) in [6.45, 7) is 2.68. The number of hydrogen-bond donors (Lipinski definition) is 0. The van der Waals surface area contributed by atoms with Gasteiger partial charge in [0.1, 0.15) is 11.5 Å². The molecule has 0 bridgehead atoms. The first-order valence-electron chi connectivity index (χ1n) is 8.25. The summed E-state index contributed by atoms with van der Waals surface area (Å²) >= 11 is 0. The minimum Gasteiger partial charge on any atom is -0.481 e. The molecule has 1 aliphatic heterocycles. The molecule has 1 saturated heterocycles. The van der Waals surface area contributed by atoms with Crippen molar-refractivity contribution in [3.8, 4) is 17.4 Å². The van der Waals surface area contributed by atoms with Crippen molar-refractivity contribution in [3.05, 3.63) is 48.2 Å². The molecule has 0 spiro atoms. The van der Waals surface area contributed by atoms with Gasteiger partial charge in [-0.25, -0.2) is 10.0 Å². The van der Waals surface area contributed by atoms with Crippen LogP contribution in [0.3, 0.4) is 0 Å². The third-order valence-electron chi connectivity index (χ3n) is 3.77. The quantitative estimate of drug-likeness (QED) is 0.787. The van der Waals surface area contributed by atoms with Crippen LogP contribution in [-0.4, -0.2) is 35.2 Å². The van der Waals surface area contributed by atoms with E-state index in [1.165, 1.54) is 5.06 Å². The highest BCUT2D eigenvalue weighted by Crippen LogP contribution is 2.30. The Labute approximate surface area is 153 Å². The number of rotatable bonds is 5. The van der Waals surface area contributed by atoms with Crippen molar-refractivity contribution in [2.45, 2.75) is 25.6 Å². The van der Waals surface area contributed by atoms with Crippen molar-refractivity contribution in [1.29, 1.82) is 0 Å². The highest BCUT2D eigenvalue weighted by molar-refractivity contribution is 5.80. The smallest absolute Gasteiger partial charge is 0.417 e. The van der Waals surface area contributed by atoms with Crippen LogP contribution in [0.1, 0.15) is 18.9 Å². The summed E-state index contributed by atoms with van der Waals surface area (Å²) in [6.07, 6.45) is -3.66. The lowest BCUT2D eigenvalue weighted by Crippen LogP contribution is -2.37. The van der Waals surface area contributed by atoms with Gasteiger partial charge in [-0.05, 0) is 43.7 Å². The lowest BCUT2D eigenvalue weighted by Gasteiger charge is -2.20. The fourth-order valence-corrected chi connectivity index (χ4v) is 2.39. The van der Waals surface area contributed by atoms with E-state index in [4.69, 9.17) is 14.3 Å². The summed E-state index contributed by atoms with van der Waals surface area (Å²) < 4.78 is 48.5. The number of halogens is 3. The van der Waals surface area contributed by atoms with Gasteiger partial charge >= 0.3 is 6.18 Å². The fraction of sp³-hybridized carbons (Fsp3) is 0.333. The Morgan fingerprint density at radius 3 is 2.44 bits per heavy atom. The molecule has 0 aliphatic carbocycles. The average Bonchev–Trinajstić information content (AvgIpc) is 3.17. The van der Waals surface area contributed by atoms with Crippen LogP contribution in [0.15, 0.2) is 42.6 Å². The van der Waals surface area contributed by atoms with Crippen LogP contribution < -0.4 is 9.47 Å². The summed E-state index contributed by atoms with van der Waals surface area (Å²) in [7, 11) is 0. The molecule has 1 unspecified atom stereocenters. The average molecular weight is 382 g/mol. The molecule has 0 N–H and O–H groups in total. The number of nitrogens with zero attached hydrogens (tertiary/aromatic N) is 2. The van der Waals surface area contributed by atoms with E-state index < -0.39 is 17.8 Å². The topological polar surface area (TPSA) is 60.9 Å². The van der Waals surface area contributed by atoms with Gasteiger partial charge in [0.25, 0.3) is 5.91 Å². The van der Waals surface area contributed by atoms with Crippen LogP contribution in [0, 0.1) is 0 Å². The monoisotopic (exact) mass is 382 g/mol. The number of pyridine rings is 1. The minimum absolute atomic E-state index is 0.0337. The molecule has 0 saturated carbocycles. The molecule has 9 heteroatoms. The lowest BCUT2D eigenvalue weighted by molar-refractivity contribution is -0.175. The molecular weight excluding hydrogens is 365 g/mol. The maximum Gasteiger partial charge on any atom is 0.417 e. The van der Waals surface area contributed by atoms with Crippen molar-refractivity contribution < 1.29 is 32.3 Å². The van der Waals surface area contributed by atoms with Gasteiger partial charge in [-0.2, -0.15) is 13.2 Å². The van der Waals surface area contributed by atoms with Crippen LogP contribution in [0.5, 0.6) is 17.4 Å². The van der Waals surface area contributed by atoms with Gasteiger partial charge in [-0.3, -0.25) is 9.63 Å². The number of amides is 1. The number of carbonyl (C=O) groups excluding carboxylic acids is 1. The molecule has 1 aliphatic rings. The van der Waals surface area contributed by atoms with Gasteiger partial charge in [0.15, 0.2) is 6.10 Å². The second-order valence-corrected chi connectivity index (χ2v) is 5.84. The molecule has 1 fully saturated rings. The summed E-state index contributed by atoms with van der Waals surface area (Å²) in [5, 5.41) is 1.29. The zero-order valence-corrected chi connectivity index (χ0v) is 14.4. The second-order valence-electron chi connectivity index (χ2n) is 5.84. The minimum atomic E-state index is -4.45. The highest BCUT2D eigenvalue weighted by atomic mass is 19.4. The van der Waals surface area contributed by atoms with Crippen molar-refractivity contribution in [2.75, 3.05) is 13.2 Å². The van der Waals surface area contributed by atoms with E-state index in [0.717, 1.165) is 18.6 Å². The number of alkyl halides is 3. The van der Waals surface area contributed by atoms with Crippen molar-refractivity contribution >= 4 is 5.91 Å². The van der Waals surface area contributed by atoms with E-state index in [0.29, 0.717) is 30.8 Å². The number of hydrogen-bond acceptors (Lipinski definition) is 5. The van der Waals surface area contributed by atoms with E-state index in [1.54, 1.807) is 31.2 Å². The molecule has 27 heavy (non-hydrogen) atoms. The zero-order chi connectivity index (χ0) is 19.4. The molecule has 1 atom stereocenters. The number of ether oxygens (including phenoxy) is 2. The van der Waals surface area contributed by atoms with Crippen LogP contribution >= 0.6 is 0 Å². The summed E-state index contributed by atoms with van der Waals surface area (Å²) in [5.41, 5.74) is -0.848. The molecule has 1 amide bonds. The lowest BCUT2D eigenvalue weighted by atomic mass is 10.3. The number of carbonyl (C=O) groups is 1. The molecule has 3 rings (SSSR count).